The van der Waals surface area contributed by atoms with Crippen LogP contribution in [0.5, 0.6) is 0 Å². The van der Waals surface area contributed by atoms with Crippen molar-refractivity contribution in [3.05, 3.63) is 64.2 Å². The average molecular weight is 346 g/mol. The molecular weight excluding hydrogens is 330 g/mol. The van der Waals surface area contributed by atoms with E-state index in [1.54, 1.807) is 30.3 Å². The van der Waals surface area contributed by atoms with Crippen LogP contribution in [0.3, 0.4) is 0 Å². The van der Waals surface area contributed by atoms with Crippen molar-refractivity contribution >= 4 is 29.3 Å². The highest BCUT2D eigenvalue weighted by atomic mass is 35.5. The van der Waals surface area contributed by atoms with Gasteiger partial charge in [0.1, 0.15) is 6.04 Å². The third-order valence-electron chi connectivity index (χ3n) is 4.04. The van der Waals surface area contributed by atoms with E-state index in [-0.39, 0.29) is 13.1 Å². The van der Waals surface area contributed by atoms with Gasteiger partial charge in [-0.2, -0.15) is 0 Å². The topological polar surface area (TPSA) is 95.7 Å². The normalized spacial score (nSPS) is 15.9. The van der Waals surface area contributed by atoms with E-state index >= 15 is 0 Å². The minimum absolute atomic E-state index is 0.188. The number of amides is 2. The molecule has 2 aromatic rings. The van der Waals surface area contributed by atoms with E-state index < -0.39 is 18.0 Å². The molecule has 0 aliphatic carbocycles. The highest BCUT2D eigenvalue weighted by Gasteiger charge is 2.38. The molecule has 1 aliphatic heterocycles. The lowest BCUT2D eigenvalue weighted by molar-refractivity contribution is -0.120. The number of nitrogens with one attached hydrogen (secondary N) is 1. The number of carboxylic acid groups (broad SMARTS) is 1. The molecule has 0 saturated carbocycles. The van der Waals surface area contributed by atoms with Crippen LogP contribution in [-0.4, -0.2) is 22.0 Å². The number of halogens is 1. The Labute approximate surface area is 143 Å². The molecule has 6 nitrogen and oxygen atoms in total. The van der Waals surface area contributed by atoms with E-state index in [0.29, 0.717) is 21.8 Å². The zero-order valence-electron chi connectivity index (χ0n) is 12.7. The number of nitrogens with two attached hydrogens (primary N) is 1. The Kier molecular flexibility index (Phi) is 4.42. The molecule has 1 heterocycles. The Balaban J connectivity index is 1.92. The monoisotopic (exact) mass is 345 g/mol. The molecule has 0 radical (unpaired) electrons. The van der Waals surface area contributed by atoms with Gasteiger partial charge in [0.05, 0.1) is 6.54 Å². The molecule has 1 aliphatic rings. The van der Waals surface area contributed by atoms with Gasteiger partial charge < -0.3 is 16.2 Å². The third-order valence-corrected chi connectivity index (χ3v) is 4.28. The Morgan fingerprint density at radius 3 is 2.75 bits per heavy atom. The molecule has 24 heavy (non-hydrogen) atoms. The fraction of sp³-hybridized carbons (Fsp3) is 0.176. The lowest BCUT2D eigenvalue weighted by Crippen LogP contribution is -2.36. The molecule has 1 atom stereocenters. The van der Waals surface area contributed by atoms with Crippen molar-refractivity contribution in [2.45, 2.75) is 19.1 Å². The number of rotatable bonds is 3. The number of hydrogen-bond acceptors (Lipinski definition) is 3. The zero-order valence-corrected chi connectivity index (χ0v) is 13.5. The molecule has 0 aromatic heterocycles. The highest BCUT2D eigenvalue weighted by molar-refractivity contribution is 6.30. The van der Waals surface area contributed by atoms with Gasteiger partial charge in [0, 0.05) is 17.3 Å². The van der Waals surface area contributed by atoms with E-state index in [1.165, 1.54) is 0 Å². The molecule has 0 bridgehead atoms. The van der Waals surface area contributed by atoms with E-state index in [9.17, 15) is 14.7 Å². The first-order valence-corrected chi connectivity index (χ1v) is 7.75. The Morgan fingerprint density at radius 2 is 2.04 bits per heavy atom. The lowest BCUT2D eigenvalue weighted by atomic mass is 10.0. The highest BCUT2D eigenvalue weighted by Crippen LogP contribution is 2.34. The molecule has 0 saturated heterocycles. The standard InChI is InChI=1S/C17H16ClN3O3/c18-12-5-6-14(11(7-12)8-19)20-16(22)15-13-4-2-1-3-10(13)9-21(15)17(23)24/h1-7,15H,8-9,19H2,(H,20,22)(H,23,24). The van der Waals surface area contributed by atoms with Gasteiger partial charge in [0.2, 0.25) is 0 Å². The van der Waals surface area contributed by atoms with Crippen LogP contribution < -0.4 is 11.1 Å². The summed E-state index contributed by atoms with van der Waals surface area (Å²) in [5.41, 5.74) is 8.42. The molecule has 2 amide bonds. The van der Waals surface area contributed by atoms with Crippen molar-refractivity contribution in [3.63, 3.8) is 0 Å². The molecule has 2 aromatic carbocycles. The van der Waals surface area contributed by atoms with E-state index in [4.69, 9.17) is 17.3 Å². The van der Waals surface area contributed by atoms with Gasteiger partial charge in [-0.25, -0.2) is 4.79 Å². The predicted molar refractivity (Wildman–Crippen MR) is 90.7 cm³/mol. The quantitative estimate of drug-likeness (QED) is 0.796. The average Bonchev–Trinajstić information content (AvgIpc) is 2.96. The number of carbonyl (C=O) groups is 2. The Morgan fingerprint density at radius 1 is 1.29 bits per heavy atom. The van der Waals surface area contributed by atoms with Crippen LogP contribution in [0, 0.1) is 0 Å². The van der Waals surface area contributed by atoms with E-state index in [2.05, 4.69) is 5.32 Å². The van der Waals surface area contributed by atoms with Crippen LogP contribution >= 0.6 is 11.6 Å². The fourth-order valence-electron chi connectivity index (χ4n) is 2.90. The molecule has 0 fully saturated rings. The molecule has 3 rings (SSSR count). The van der Waals surface area contributed by atoms with Gasteiger partial charge in [-0.3, -0.25) is 9.69 Å². The Bertz CT molecular complexity index is 809. The molecular formula is C17H16ClN3O3. The second-order valence-corrected chi connectivity index (χ2v) is 5.94. The van der Waals surface area contributed by atoms with Crippen molar-refractivity contribution < 1.29 is 14.7 Å². The summed E-state index contributed by atoms with van der Waals surface area (Å²) in [5, 5.41) is 12.7. The third kappa shape index (κ3) is 2.93. The Hall–Kier alpha value is -2.57. The number of anilines is 1. The molecule has 1 unspecified atom stereocenters. The van der Waals surface area contributed by atoms with Crippen LogP contribution in [0.2, 0.25) is 5.02 Å². The van der Waals surface area contributed by atoms with E-state index in [1.807, 2.05) is 12.1 Å². The zero-order chi connectivity index (χ0) is 17.3. The molecule has 0 spiro atoms. The first-order chi connectivity index (χ1) is 11.5. The maximum Gasteiger partial charge on any atom is 0.408 e. The molecule has 7 heteroatoms. The summed E-state index contributed by atoms with van der Waals surface area (Å²) in [6.07, 6.45) is -1.14. The second kappa shape index (κ2) is 6.51. The van der Waals surface area contributed by atoms with Crippen LogP contribution in [0.25, 0.3) is 0 Å². The summed E-state index contributed by atoms with van der Waals surface area (Å²) in [4.78, 5) is 25.4. The van der Waals surface area contributed by atoms with Crippen LogP contribution in [0.15, 0.2) is 42.5 Å². The fourth-order valence-corrected chi connectivity index (χ4v) is 3.10. The minimum atomic E-state index is -1.14. The number of hydrogen-bond donors (Lipinski definition) is 3. The van der Waals surface area contributed by atoms with Gasteiger partial charge in [-0.05, 0) is 34.9 Å². The van der Waals surface area contributed by atoms with Gasteiger partial charge >= 0.3 is 6.09 Å². The SMILES string of the molecule is NCc1cc(Cl)ccc1NC(=O)C1c2ccccc2CN1C(=O)O. The van der Waals surface area contributed by atoms with Crippen molar-refractivity contribution in [2.75, 3.05) is 5.32 Å². The summed E-state index contributed by atoms with van der Waals surface area (Å²) in [7, 11) is 0. The first-order valence-electron chi connectivity index (χ1n) is 7.38. The van der Waals surface area contributed by atoms with Crippen molar-refractivity contribution in [1.29, 1.82) is 0 Å². The van der Waals surface area contributed by atoms with Crippen molar-refractivity contribution in [1.82, 2.24) is 4.90 Å². The predicted octanol–water partition coefficient (Wildman–Crippen LogP) is 2.97. The summed E-state index contributed by atoms with van der Waals surface area (Å²) in [5.74, 6) is -0.417. The van der Waals surface area contributed by atoms with Crippen molar-refractivity contribution in [2.24, 2.45) is 5.73 Å². The smallest absolute Gasteiger partial charge is 0.408 e. The van der Waals surface area contributed by atoms with Gasteiger partial charge in [0.25, 0.3) is 5.91 Å². The second-order valence-electron chi connectivity index (χ2n) is 5.51. The summed E-state index contributed by atoms with van der Waals surface area (Å²) in [6.45, 7) is 0.397. The number of nitrogens with zero attached hydrogens (tertiary/aromatic N) is 1. The van der Waals surface area contributed by atoms with Gasteiger partial charge in [0.15, 0.2) is 0 Å². The van der Waals surface area contributed by atoms with Gasteiger partial charge in [-0.1, -0.05) is 35.9 Å². The molecule has 4 N–H and O–H groups in total. The van der Waals surface area contributed by atoms with Gasteiger partial charge in [-0.15, -0.1) is 0 Å². The first kappa shape index (κ1) is 16.3. The van der Waals surface area contributed by atoms with Crippen LogP contribution in [-0.2, 0) is 17.9 Å². The lowest BCUT2D eigenvalue weighted by Gasteiger charge is -2.22. The number of fused-ring (bicyclic) bond motifs is 1. The largest absolute Gasteiger partial charge is 0.465 e. The maximum atomic E-state index is 12.8. The maximum absolute atomic E-state index is 12.8. The number of carbonyl (C=O) groups excluding carboxylic acids is 1. The van der Waals surface area contributed by atoms with E-state index in [0.717, 1.165) is 10.5 Å². The van der Waals surface area contributed by atoms with Crippen LogP contribution in [0.4, 0.5) is 10.5 Å². The number of benzene rings is 2. The summed E-state index contributed by atoms with van der Waals surface area (Å²) < 4.78 is 0. The summed E-state index contributed by atoms with van der Waals surface area (Å²) >= 11 is 5.94. The van der Waals surface area contributed by atoms with Crippen molar-refractivity contribution in [3.8, 4) is 0 Å². The van der Waals surface area contributed by atoms with Crippen LogP contribution in [0.1, 0.15) is 22.7 Å². The molecule has 124 valence electrons. The minimum Gasteiger partial charge on any atom is -0.465 e. The summed E-state index contributed by atoms with van der Waals surface area (Å²) in [6, 6.07) is 11.3.